The molecular weight excluding hydrogens is 288 g/mol. The number of imidazole rings is 1. The van der Waals surface area contributed by atoms with E-state index in [1.54, 1.807) is 11.3 Å². The first-order valence-corrected chi connectivity index (χ1v) is 7.98. The molecule has 3 heterocycles. The number of rotatable bonds is 5. The van der Waals surface area contributed by atoms with E-state index in [2.05, 4.69) is 10.3 Å². The van der Waals surface area contributed by atoms with Crippen LogP contribution in [0.1, 0.15) is 25.5 Å². The molecule has 1 unspecified atom stereocenters. The number of carbonyl (C=O) groups is 2. The van der Waals surface area contributed by atoms with Crippen molar-refractivity contribution in [2.75, 3.05) is 13.1 Å². The fourth-order valence-electron chi connectivity index (χ4n) is 2.62. The van der Waals surface area contributed by atoms with E-state index in [0.29, 0.717) is 13.0 Å². The van der Waals surface area contributed by atoms with Gasteiger partial charge in [0.15, 0.2) is 4.96 Å². The first-order chi connectivity index (χ1) is 10.1. The number of carbonyl (C=O) groups excluding carboxylic acids is 2. The van der Waals surface area contributed by atoms with E-state index in [-0.39, 0.29) is 24.3 Å². The van der Waals surface area contributed by atoms with E-state index in [0.717, 1.165) is 23.6 Å². The molecule has 112 valence electrons. The zero-order chi connectivity index (χ0) is 14.8. The summed E-state index contributed by atoms with van der Waals surface area (Å²) in [5.41, 5.74) is 0.767. The summed E-state index contributed by atoms with van der Waals surface area (Å²) in [7, 11) is 0. The number of aromatic nitrogens is 2. The number of hydrogen-bond acceptors (Lipinski definition) is 4. The summed E-state index contributed by atoms with van der Waals surface area (Å²) in [6, 6.07) is -0.0386. The largest absolute Gasteiger partial charge is 0.352 e. The molecule has 1 N–H and O–H groups in total. The van der Waals surface area contributed by atoms with Gasteiger partial charge in [-0.25, -0.2) is 4.98 Å². The monoisotopic (exact) mass is 306 g/mol. The van der Waals surface area contributed by atoms with E-state index in [9.17, 15) is 9.59 Å². The number of thiazole rings is 1. The van der Waals surface area contributed by atoms with Crippen molar-refractivity contribution in [1.29, 1.82) is 0 Å². The summed E-state index contributed by atoms with van der Waals surface area (Å²) in [6.07, 6.45) is 5.62. The van der Waals surface area contributed by atoms with Crippen molar-refractivity contribution in [3.8, 4) is 0 Å². The second-order valence-electron chi connectivity index (χ2n) is 5.41. The minimum absolute atomic E-state index is 0.0386. The van der Waals surface area contributed by atoms with Gasteiger partial charge in [0.25, 0.3) is 0 Å². The van der Waals surface area contributed by atoms with Gasteiger partial charge in [0.05, 0.1) is 12.1 Å². The molecule has 1 fully saturated rings. The molecule has 3 rings (SSSR count). The van der Waals surface area contributed by atoms with E-state index < -0.39 is 0 Å². The van der Waals surface area contributed by atoms with Crippen LogP contribution in [-0.4, -0.2) is 45.2 Å². The van der Waals surface area contributed by atoms with Crippen molar-refractivity contribution in [1.82, 2.24) is 19.6 Å². The smallest absolute Gasteiger partial charge is 0.226 e. The average Bonchev–Trinajstić information content (AvgIpc) is 3.06. The molecule has 0 radical (unpaired) electrons. The van der Waals surface area contributed by atoms with Crippen molar-refractivity contribution >= 4 is 28.1 Å². The highest BCUT2D eigenvalue weighted by Gasteiger charge is 2.22. The van der Waals surface area contributed by atoms with Crippen LogP contribution in [0.5, 0.6) is 0 Å². The Kier molecular flexibility index (Phi) is 3.92. The van der Waals surface area contributed by atoms with E-state index >= 15 is 0 Å². The Bertz CT molecular complexity index is 634. The second-order valence-corrected chi connectivity index (χ2v) is 6.29. The zero-order valence-corrected chi connectivity index (χ0v) is 12.7. The quantitative estimate of drug-likeness (QED) is 0.898. The van der Waals surface area contributed by atoms with Crippen LogP contribution in [0.4, 0.5) is 0 Å². The number of likely N-dealkylation sites (tertiary alicyclic amines) is 1. The normalized spacial score (nSPS) is 16.6. The molecule has 2 aromatic rings. The fraction of sp³-hybridized carbons (Fsp3) is 0.500. The van der Waals surface area contributed by atoms with Crippen LogP contribution < -0.4 is 5.32 Å². The lowest BCUT2D eigenvalue weighted by Crippen LogP contribution is -2.43. The van der Waals surface area contributed by atoms with Crippen LogP contribution in [0.3, 0.4) is 0 Å². The Morgan fingerprint density at radius 3 is 3.14 bits per heavy atom. The molecule has 7 heteroatoms. The summed E-state index contributed by atoms with van der Waals surface area (Å²) in [5.74, 6) is 0.130. The molecule has 1 aliphatic heterocycles. The van der Waals surface area contributed by atoms with E-state index in [1.807, 2.05) is 34.0 Å². The number of hydrogen-bond donors (Lipinski definition) is 1. The first kappa shape index (κ1) is 14.1. The molecule has 0 saturated carbocycles. The number of amides is 2. The number of nitrogens with zero attached hydrogens (tertiary/aromatic N) is 3. The SMILES string of the molecule is CC(CN1CCCC1=O)NC(=O)Cc1cn2ccsc2n1. The lowest BCUT2D eigenvalue weighted by Gasteiger charge is -2.21. The molecule has 21 heavy (non-hydrogen) atoms. The zero-order valence-electron chi connectivity index (χ0n) is 11.9. The van der Waals surface area contributed by atoms with Gasteiger partial charge in [0, 0.05) is 43.3 Å². The maximum absolute atomic E-state index is 12.0. The van der Waals surface area contributed by atoms with Crippen LogP contribution in [0.15, 0.2) is 17.8 Å². The Morgan fingerprint density at radius 1 is 1.57 bits per heavy atom. The Morgan fingerprint density at radius 2 is 2.43 bits per heavy atom. The number of fused-ring (bicyclic) bond motifs is 1. The minimum atomic E-state index is -0.0556. The highest BCUT2D eigenvalue weighted by atomic mass is 32.1. The van der Waals surface area contributed by atoms with Crippen LogP contribution in [0, 0.1) is 0 Å². The van der Waals surface area contributed by atoms with Gasteiger partial charge in [-0.05, 0) is 13.3 Å². The van der Waals surface area contributed by atoms with Crippen LogP contribution in [-0.2, 0) is 16.0 Å². The predicted molar refractivity (Wildman–Crippen MR) is 80.2 cm³/mol. The molecule has 0 spiro atoms. The third-order valence-corrected chi connectivity index (χ3v) is 4.33. The molecule has 1 atom stereocenters. The molecule has 2 aromatic heterocycles. The predicted octanol–water partition coefficient (Wildman–Crippen LogP) is 1.07. The molecule has 0 aromatic carbocycles. The maximum Gasteiger partial charge on any atom is 0.226 e. The maximum atomic E-state index is 12.0. The Labute approximate surface area is 126 Å². The van der Waals surface area contributed by atoms with Crippen molar-refractivity contribution in [2.45, 2.75) is 32.2 Å². The van der Waals surface area contributed by atoms with Gasteiger partial charge in [-0.2, -0.15) is 0 Å². The fourth-order valence-corrected chi connectivity index (χ4v) is 3.34. The van der Waals surface area contributed by atoms with E-state index in [1.165, 1.54) is 0 Å². The second kappa shape index (κ2) is 5.85. The van der Waals surface area contributed by atoms with Crippen molar-refractivity contribution in [3.05, 3.63) is 23.5 Å². The van der Waals surface area contributed by atoms with Gasteiger partial charge >= 0.3 is 0 Å². The average molecular weight is 306 g/mol. The minimum Gasteiger partial charge on any atom is -0.352 e. The van der Waals surface area contributed by atoms with Crippen LogP contribution >= 0.6 is 11.3 Å². The lowest BCUT2D eigenvalue weighted by molar-refractivity contribution is -0.129. The molecular formula is C14H18N4O2S. The molecule has 0 bridgehead atoms. The topological polar surface area (TPSA) is 66.7 Å². The van der Waals surface area contributed by atoms with Gasteiger partial charge in [-0.3, -0.25) is 14.0 Å². The number of nitrogens with one attached hydrogen (secondary N) is 1. The third kappa shape index (κ3) is 3.24. The lowest BCUT2D eigenvalue weighted by atomic mass is 10.2. The Hall–Kier alpha value is -1.89. The summed E-state index contributed by atoms with van der Waals surface area (Å²) in [5, 5.41) is 4.89. The third-order valence-electron chi connectivity index (χ3n) is 3.56. The Balaban J connectivity index is 1.51. The first-order valence-electron chi connectivity index (χ1n) is 7.10. The summed E-state index contributed by atoms with van der Waals surface area (Å²) in [6.45, 7) is 3.31. The molecule has 6 nitrogen and oxygen atoms in total. The van der Waals surface area contributed by atoms with E-state index in [4.69, 9.17) is 0 Å². The standard InChI is InChI=1S/C14H18N4O2S/c1-10(8-17-4-2-3-13(17)20)15-12(19)7-11-9-18-5-6-21-14(18)16-11/h5-6,9-10H,2-4,7-8H2,1H3,(H,15,19). The summed E-state index contributed by atoms with van der Waals surface area (Å²) < 4.78 is 1.92. The highest BCUT2D eigenvalue weighted by Crippen LogP contribution is 2.12. The summed E-state index contributed by atoms with van der Waals surface area (Å²) in [4.78, 5) is 30.7. The van der Waals surface area contributed by atoms with Gasteiger partial charge in [-0.15, -0.1) is 11.3 Å². The molecule has 1 aliphatic rings. The van der Waals surface area contributed by atoms with Crippen LogP contribution in [0.2, 0.25) is 0 Å². The van der Waals surface area contributed by atoms with Crippen molar-refractivity contribution < 1.29 is 9.59 Å². The molecule has 2 amide bonds. The van der Waals surface area contributed by atoms with Gasteiger partial charge in [0.1, 0.15) is 0 Å². The molecule has 1 saturated heterocycles. The van der Waals surface area contributed by atoms with Gasteiger partial charge in [-0.1, -0.05) is 0 Å². The molecule has 0 aliphatic carbocycles. The van der Waals surface area contributed by atoms with Crippen LogP contribution in [0.25, 0.3) is 4.96 Å². The highest BCUT2D eigenvalue weighted by molar-refractivity contribution is 7.15. The van der Waals surface area contributed by atoms with Crippen molar-refractivity contribution in [2.24, 2.45) is 0 Å². The summed E-state index contributed by atoms with van der Waals surface area (Å²) >= 11 is 1.55. The van der Waals surface area contributed by atoms with Gasteiger partial charge < -0.3 is 10.2 Å². The van der Waals surface area contributed by atoms with Gasteiger partial charge in [0.2, 0.25) is 11.8 Å². The van der Waals surface area contributed by atoms with Crippen molar-refractivity contribution in [3.63, 3.8) is 0 Å².